The maximum atomic E-state index is 12.4. The van der Waals surface area contributed by atoms with Gasteiger partial charge in [0.05, 0.1) is 18.8 Å². The van der Waals surface area contributed by atoms with Gasteiger partial charge in [-0.15, -0.1) is 5.10 Å². The second-order valence-electron chi connectivity index (χ2n) is 6.65. The summed E-state index contributed by atoms with van der Waals surface area (Å²) >= 11 is 0. The van der Waals surface area contributed by atoms with Crippen LogP contribution in [0.4, 0.5) is 10.5 Å². The predicted octanol–water partition coefficient (Wildman–Crippen LogP) is 2.57. The molecule has 0 aliphatic heterocycles. The van der Waals surface area contributed by atoms with Gasteiger partial charge in [0.1, 0.15) is 0 Å². The molecule has 0 aliphatic carbocycles. The first-order valence-corrected chi connectivity index (χ1v) is 9.19. The van der Waals surface area contributed by atoms with E-state index >= 15 is 0 Å². The number of carbonyl (C=O) groups excluding carboxylic acids is 1. The highest BCUT2D eigenvalue weighted by atomic mass is 16.2. The van der Waals surface area contributed by atoms with E-state index < -0.39 is 0 Å². The minimum absolute atomic E-state index is 0.206. The predicted molar refractivity (Wildman–Crippen MR) is 110 cm³/mol. The van der Waals surface area contributed by atoms with Crippen LogP contribution in [0.15, 0.2) is 71.7 Å². The van der Waals surface area contributed by atoms with Gasteiger partial charge in [0.2, 0.25) is 0 Å². The van der Waals surface area contributed by atoms with Crippen LogP contribution >= 0.6 is 0 Å². The number of pyridine rings is 2. The van der Waals surface area contributed by atoms with Crippen molar-refractivity contribution in [3.05, 3.63) is 94.3 Å². The van der Waals surface area contributed by atoms with Gasteiger partial charge in [-0.2, -0.15) is 0 Å². The quantitative estimate of drug-likeness (QED) is 0.550. The SMILES string of the molecule is Cc1cccc(CNC(=O)Nc2cccc(Cn3nc4ccccn4c3=O)c2)n1. The van der Waals surface area contributed by atoms with Crippen molar-refractivity contribution in [3.63, 3.8) is 0 Å². The molecule has 4 aromatic rings. The van der Waals surface area contributed by atoms with Crippen LogP contribution in [0.1, 0.15) is 17.0 Å². The Morgan fingerprint density at radius 1 is 1.07 bits per heavy atom. The Bertz CT molecular complexity index is 1230. The van der Waals surface area contributed by atoms with E-state index in [1.54, 1.807) is 24.4 Å². The standard InChI is InChI=1S/C21H20N6O2/c1-15-6-4-9-18(23-15)13-22-20(28)24-17-8-5-7-16(12-17)14-27-21(29)26-11-3-2-10-19(26)25-27/h2-12H,13-14H2,1H3,(H2,22,24,28). The fraction of sp³-hybridized carbons (Fsp3) is 0.143. The number of aromatic nitrogens is 4. The molecule has 4 rings (SSSR count). The minimum atomic E-state index is -0.324. The fourth-order valence-electron chi connectivity index (χ4n) is 3.04. The third-order valence-corrected chi connectivity index (χ3v) is 4.38. The van der Waals surface area contributed by atoms with Gasteiger partial charge < -0.3 is 10.6 Å². The molecule has 29 heavy (non-hydrogen) atoms. The molecule has 1 aromatic carbocycles. The average molecular weight is 388 g/mol. The molecule has 8 nitrogen and oxygen atoms in total. The molecule has 0 spiro atoms. The zero-order valence-electron chi connectivity index (χ0n) is 15.9. The topological polar surface area (TPSA) is 93.3 Å². The van der Waals surface area contributed by atoms with Crippen LogP contribution in [0.3, 0.4) is 0 Å². The van der Waals surface area contributed by atoms with Gasteiger partial charge in [0, 0.05) is 17.6 Å². The Hall–Kier alpha value is -3.94. The van der Waals surface area contributed by atoms with Crippen LogP contribution in [0, 0.1) is 6.92 Å². The molecule has 0 aliphatic rings. The van der Waals surface area contributed by atoms with Gasteiger partial charge in [-0.3, -0.25) is 9.38 Å². The van der Waals surface area contributed by atoms with Crippen molar-refractivity contribution in [1.82, 2.24) is 24.5 Å². The summed E-state index contributed by atoms with van der Waals surface area (Å²) in [7, 11) is 0. The molecule has 0 radical (unpaired) electrons. The van der Waals surface area contributed by atoms with Crippen LogP contribution in [0.2, 0.25) is 0 Å². The van der Waals surface area contributed by atoms with Gasteiger partial charge in [-0.05, 0) is 48.9 Å². The summed E-state index contributed by atoms with van der Waals surface area (Å²) in [6.07, 6.45) is 1.69. The van der Waals surface area contributed by atoms with Crippen LogP contribution in [0.5, 0.6) is 0 Å². The molecular weight excluding hydrogens is 368 g/mol. The number of hydrogen-bond acceptors (Lipinski definition) is 4. The number of hydrogen-bond donors (Lipinski definition) is 2. The Morgan fingerprint density at radius 2 is 1.93 bits per heavy atom. The maximum absolute atomic E-state index is 12.4. The summed E-state index contributed by atoms with van der Waals surface area (Å²) in [4.78, 5) is 29.0. The molecule has 0 unspecified atom stereocenters. The van der Waals surface area contributed by atoms with E-state index in [1.807, 2.05) is 49.4 Å². The highest BCUT2D eigenvalue weighted by molar-refractivity contribution is 5.89. The van der Waals surface area contributed by atoms with Gasteiger partial charge in [0.25, 0.3) is 0 Å². The summed E-state index contributed by atoms with van der Waals surface area (Å²) in [5, 5.41) is 9.92. The van der Waals surface area contributed by atoms with Crippen molar-refractivity contribution < 1.29 is 4.79 Å². The first-order valence-electron chi connectivity index (χ1n) is 9.19. The zero-order chi connectivity index (χ0) is 20.2. The van der Waals surface area contributed by atoms with Gasteiger partial charge in [-0.25, -0.2) is 14.3 Å². The van der Waals surface area contributed by atoms with Gasteiger partial charge >= 0.3 is 11.7 Å². The molecule has 0 atom stereocenters. The monoisotopic (exact) mass is 388 g/mol. The van der Waals surface area contributed by atoms with Crippen LogP contribution in [0.25, 0.3) is 5.65 Å². The van der Waals surface area contributed by atoms with E-state index in [9.17, 15) is 9.59 Å². The molecular formula is C21H20N6O2. The molecule has 0 fully saturated rings. The van der Waals surface area contributed by atoms with E-state index in [-0.39, 0.29) is 11.7 Å². The molecule has 2 N–H and O–H groups in total. The van der Waals surface area contributed by atoms with Gasteiger partial charge in [0.15, 0.2) is 5.65 Å². The molecule has 8 heteroatoms. The van der Waals surface area contributed by atoms with E-state index in [0.717, 1.165) is 17.0 Å². The smallest absolute Gasteiger partial charge is 0.332 e. The number of nitrogens with one attached hydrogen (secondary N) is 2. The van der Waals surface area contributed by atoms with Crippen molar-refractivity contribution in [2.24, 2.45) is 0 Å². The maximum Gasteiger partial charge on any atom is 0.350 e. The number of nitrogens with zero attached hydrogens (tertiary/aromatic N) is 4. The number of rotatable bonds is 5. The molecule has 3 heterocycles. The van der Waals surface area contributed by atoms with Crippen LogP contribution in [-0.4, -0.2) is 25.2 Å². The summed E-state index contributed by atoms with van der Waals surface area (Å²) in [6.45, 7) is 2.55. The lowest BCUT2D eigenvalue weighted by atomic mass is 10.2. The average Bonchev–Trinajstić information content (AvgIpc) is 3.02. The first-order chi connectivity index (χ1) is 14.1. The van der Waals surface area contributed by atoms with Crippen molar-refractivity contribution in [1.29, 1.82) is 0 Å². The van der Waals surface area contributed by atoms with E-state index in [1.165, 1.54) is 9.08 Å². The highest BCUT2D eigenvalue weighted by Gasteiger charge is 2.08. The lowest BCUT2D eigenvalue weighted by Crippen LogP contribution is -2.28. The number of amides is 2. The normalized spacial score (nSPS) is 10.8. The molecule has 0 saturated heterocycles. The minimum Gasteiger partial charge on any atom is -0.332 e. The van der Waals surface area contributed by atoms with E-state index in [4.69, 9.17) is 0 Å². The number of benzene rings is 1. The summed E-state index contributed by atoms with van der Waals surface area (Å²) in [5.41, 5.74) is 3.57. The Labute approximate surface area is 166 Å². The molecule has 2 amide bonds. The van der Waals surface area contributed by atoms with E-state index in [0.29, 0.717) is 24.4 Å². The number of urea groups is 1. The van der Waals surface area contributed by atoms with E-state index in [2.05, 4.69) is 20.7 Å². The lowest BCUT2D eigenvalue weighted by molar-refractivity contribution is 0.251. The summed E-state index contributed by atoms with van der Waals surface area (Å²) < 4.78 is 2.90. The largest absolute Gasteiger partial charge is 0.350 e. The Balaban J connectivity index is 1.42. The number of fused-ring (bicyclic) bond motifs is 1. The summed E-state index contributed by atoms with van der Waals surface area (Å²) in [5.74, 6) is 0. The third kappa shape index (κ3) is 4.32. The third-order valence-electron chi connectivity index (χ3n) is 4.38. The second-order valence-corrected chi connectivity index (χ2v) is 6.65. The molecule has 3 aromatic heterocycles. The molecule has 146 valence electrons. The number of aryl methyl sites for hydroxylation is 1. The number of carbonyl (C=O) groups is 1. The first kappa shape index (κ1) is 18.4. The molecule has 0 bridgehead atoms. The lowest BCUT2D eigenvalue weighted by Gasteiger charge is -2.09. The zero-order valence-corrected chi connectivity index (χ0v) is 15.9. The van der Waals surface area contributed by atoms with Crippen molar-refractivity contribution in [2.45, 2.75) is 20.0 Å². The van der Waals surface area contributed by atoms with Gasteiger partial charge in [-0.1, -0.05) is 24.3 Å². The Morgan fingerprint density at radius 3 is 2.76 bits per heavy atom. The van der Waals surface area contributed by atoms with Crippen LogP contribution in [-0.2, 0) is 13.1 Å². The van der Waals surface area contributed by atoms with Crippen molar-refractivity contribution in [2.75, 3.05) is 5.32 Å². The summed E-state index contributed by atoms with van der Waals surface area (Å²) in [6, 6.07) is 18.1. The molecule has 0 saturated carbocycles. The van der Waals surface area contributed by atoms with Crippen molar-refractivity contribution in [3.8, 4) is 0 Å². The van der Waals surface area contributed by atoms with Crippen LogP contribution < -0.4 is 16.3 Å². The highest BCUT2D eigenvalue weighted by Crippen LogP contribution is 2.11. The number of anilines is 1. The fourth-order valence-corrected chi connectivity index (χ4v) is 3.04. The second kappa shape index (κ2) is 7.97. The Kier molecular flexibility index (Phi) is 5.07. The van der Waals surface area contributed by atoms with Crippen molar-refractivity contribution >= 4 is 17.4 Å².